The Labute approximate surface area is 185 Å². The van der Waals surface area contributed by atoms with Crippen molar-refractivity contribution in [2.45, 2.75) is 38.9 Å². The van der Waals surface area contributed by atoms with Crippen LogP contribution in [0.15, 0.2) is 36.5 Å². The maximum absolute atomic E-state index is 13.2. The topological polar surface area (TPSA) is 91.2 Å². The van der Waals surface area contributed by atoms with Crippen LogP contribution in [0.4, 0.5) is 0 Å². The number of hydrogen-bond donors (Lipinski definition) is 1. The second-order valence-corrected chi connectivity index (χ2v) is 8.62. The molecule has 4 aromatic rings. The smallest absolute Gasteiger partial charge is 0.254 e. The highest BCUT2D eigenvalue weighted by Crippen LogP contribution is 2.36. The van der Waals surface area contributed by atoms with Gasteiger partial charge in [-0.2, -0.15) is 0 Å². The number of amides is 1. The van der Waals surface area contributed by atoms with Crippen LogP contribution in [0.3, 0.4) is 0 Å². The Balaban J connectivity index is 1.50. The zero-order valence-corrected chi connectivity index (χ0v) is 18.1. The Bertz CT molecular complexity index is 1350. The normalized spacial score (nSPS) is 18.3. The van der Waals surface area contributed by atoms with Crippen molar-refractivity contribution in [2.24, 2.45) is 5.73 Å². The average Bonchev–Trinajstić information content (AvgIpc) is 3.37. The first-order chi connectivity index (χ1) is 15.6. The second kappa shape index (κ2) is 7.34. The van der Waals surface area contributed by atoms with E-state index in [9.17, 15) is 4.79 Å². The molecule has 1 saturated heterocycles. The Hall–Kier alpha value is -3.39. The molecule has 3 aromatic heterocycles. The average molecular weight is 431 g/mol. The number of fused-ring (bicyclic) bond motifs is 1. The zero-order chi connectivity index (χ0) is 21.8. The Morgan fingerprint density at radius 1 is 1.28 bits per heavy atom. The van der Waals surface area contributed by atoms with Crippen LogP contribution in [0.2, 0.25) is 0 Å². The maximum Gasteiger partial charge on any atom is 0.254 e. The molecular formula is C24H26N6O2. The van der Waals surface area contributed by atoms with Gasteiger partial charge in [-0.1, -0.05) is 0 Å². The van der Waals surface area contributed by atoms with Crippen LogP contribution >= 0.6 is 0 Å². The molecule has 1 aromatic carbocycles. The van der Waals surface area contributed by atoms with E-state index in [2.05, 4.69) is 33.2 Å². The zero-order valence-electron chi connectivity index (χ0n) is 18.1. The van der Waals surface area contributed by atoms with Gasteiger partial charge in [0.25, 0.3) is 5.91 Å². The molecule has 8 heteroatoms. The molecule has 5 heterocycles. The Morgan fingerprint density at radius 3 is 3.03 bits per heavy atom. The molecule has 0 aliphatic carbocycles. The van der Waals surface area contributed by atoms with Crippen molar-refractivity contribution in [3.63, 3.8) is 0 Å². The minimum atomic E-state index is -0.00422. The number of likely N-dealkylation sites (tertiary alicyclic amines) is 1. The summed E-state index contributed by atoms with van der Waals surface area (Å²) in [5, 5.41) is 1.09. The van der Waals surface area contributed by atoms with Crippen molar-refractivity contribution in [3.05, 3.63) is 42.1 Å². The van der Waals surface area contributed by atoms with Gasteiger partial charge in [-0.15, -0.1) is 0 Å². The summed E-state index contributed by atoms with van der Waals surface area (Å²) >= 11 is 0. The standard InChI is InChI=1S/C24H26N6O2/c1-2-29-19(12-15-5-3-7-26-22(15)29)23-27-18-11-16(13-20-21(18)30(23)9-10-32-20)24(31)28-8-4-6-17(25)14-28/h3,5,7,11-13,17H,2,4,6,8-10,14,25H2,1H3. The fourth-order valence-electron chi connectivity index (χ4n) is 5.09. The highest BCUT2D eigenvalue weighted by Gasteiger charge is 2.27. The third kappa shape index (κ3) is 2.90. The van der Waals surface area contributed by atoms with Crippen LogP contribution < -0.4 is 10.5 Å². The van der Waals surface area contributed by atoms with E-state index >= 15 is 0 Å². The van der Waals surface area contributed by atoms with Gasteiger partial charge < -0.3 is 24.5 Å². The number of hydrogen-bond acceptors (Lipinski definition) is 5. The van der Waals surface area contributed by atoms with Crippen LogP contribution in [0.5, 0.6) is 5.75 Å². The van der Waals surface area contributed by atoms with Crippen LogP contribution in [0, 0.1) is 0 Å². The third-order valence-corrected chi connectivity index (χ3v) is 6.57. The third-order valence-electron chi connectivity index (χ3n) is 6.57. The molecule has 1 unspecified atom stereocenters. The van der Waals surface area contributed by atoms with E-state index in [4.69, 9.17) is 15.5 Å². The maximum atomic E-state index is 13.2. The minimum Gasteiger partial charge on any atom is -0.489 e. The number of aryl methyl sites for hydroxylation is 1. The van der Waals surface area contributed by atoms with Crippen molar-refractivity contribution in [1.82, 2.24) is 24.0 Å². The van der Waals surface area contributed by atoms with Gasteiger partial charge >= 0.3 is 0 Å². The monoisotopic (exact) mass is 430 g/mol. The van der Waals surface area contributed by atoms with Gasteiger partial charge in [0.1, 0.15) is 23.5 Å². The van der Waals surface area contributed by atoms with Gasteiger partial charge in [-0.25, -0.2) is 9.97 Å². The van der Waals surface area contributed by atoms with Gasteiger partial charge in [0, 0.05) is 42.8 Å². The predicted octanol–water partition coefficient (Wildman–Crippen LogP) is 3.03. The lowest BCUT2D eigenvalue weighted by Crippen LogP contribution is -2.45. The van der Waals surface area contributed by atoms with E-state index in [1.807, 2.05) is 29.3 Å². The quantitative estimate of drug-likeness (QED) is 0.539. The molecule has 0 bridgehead atoms. The summed E-state index contributed by atoms with van der Waals surface area (Å²) in [7, 11) is 0. The summed E-state index contributed by atoms with van der Waals surface area (Å²) in [6, 6.07) is 9.98. The second-order valence-electron chi connectivity index (χ2n) is 8.62. The number of aromatic nitrogens is 4. The molecular weight excluding hydrogens is 404 g/mol. The number of carbonyl (C=O) groups excluding carboxylic acids is 1. The first-order valence-electron chi connectivity index (χ1n) is 11.3. The van der Waals surface area contributed by atoms with Crippen LogP contribution in [0.25, 0.3) is 33.6 Å². The summed E-state index contributed by atoms with van der Waals surface area (Å²) < 4.78 is 10.4. The summed E-state index contributed by atoms with van der Waals surface area (Å²) in [4.78, 5) is 24.6. The molecule has 2 aliphatic heterocycles. The number of nitrogens with zero attached hydrogens (tertiary/aromatic N) is 5. The largest absolute Gasteiger partial charge is 0.489 e. The van der Waals surface area contributed by atoms with E-state index in [-0.39, 0.29) is 11.9 Å². The van der Waals surface area contributed by atoms with Crippen molar-refractivity contribution in [3.8, 4) is 17.3 Å². The predicted molar refractivity (Wildman–Crippen MR) is 123 cm³/mol. The summed E-state index contributed by atoms with van der Waals surface area (Å²) in [5.74, 6) is 1.60. The van der Waals surface area contributed by atoms with E-state index < -0.39 is 0 Å². The molecule has 1 atom stereocenters. The number of imidazole rings is 1. The molecule has 2 aliphatic rings. The van der Waals surface area contributed by atoms with E-state index in [0.717, 1.165) is 65.3 Å². The Morgan fingerprint density at radius 2 is 2.19 bits per heavy atom. The molecule has 0 radical (unpaired) electrons. The first kappa shape index (κ1) is 19.3. The lowest BCUT2D eigenvalue weighted by atomic mass is 10.0. The number of rotatable bonds is 3. The molecule has 0 spiro atoms. The number of carbonyl (C=O) groups is 1. The van der Waals surface area contributed by atoms with Gasteiger partial charge in [0.05, 0.1) is 17.8 Å². The van der Waals surface area contributed by atoms with Crippen molar-refractivity contribution in [2.75, 3.05) is 19.7 Å². The molecule has 1 fully saturated rings. The number of benzene rings is 1. The minimum absolute atomic E-state index is 0.00422. The highest BCUT2D eigenvalue weighted by molar-refractivity contribution is 6.00. The summed E-state index contributed by atoms with van der Waals surface area (Å²) in [6.07, 6.45) is 3.72. The van der Waals surface area contributed by atoms with Crippen molar-refractivity contribution >= 4 is 28.0 Å². The number of nitrogens with two attached hydrogens (primary N) is 1. The molecule has 0 saturated carbocycles. The fraction of sp³-hybridized carbons (Fsp3) is 0.375. The number of ether oxygens (including phenoxy) is 1. The van der Waals surface area contributed by atoms with E-state index in [1.165, 1.54) is 0 Å². The van der Waals surface area contributed by atoms with Crippen LogP contribution in [-0.2, 0) is 13.1 Å². The van der Waals surface area contributed by atoms with Gasteiger partial charge in [0.2, 0.25) is 0 Å². The summed E-state index contributed by atoms with van der Waals surface area (Å²) in [5.41, 5.74) is 10.4. The van der Waals surface area contributed by atoms with Crippen molar-refractivity contribution < 1.29 is 9.53 Å². The van der Waals surface area contributed by atoms with Crippen LogP contribution in [-0.4, -0.2) is 55.6 Å². The fourth-order valence-corrected chi connectivity index (χ4v) is 5.09. The molecule has 32 heavy (non-hydrogen) atoms. The van der Waals surface area contributed by atoms with Crippen molar-refractivity contribution in [1.29, 1.82) is 0 Å². The SMILES string of the molecule is CCn1c(-c2nc3cc(C(=O)N4CCCC(N)C4)cc4c3n2CCO4)cc2cccnc21. The highest BCUT2D eigenvalue weighted by atomic mass is 16.5. The Kier molecular flexibility index (Phi) is 4.43. The summed E-state index contributed by atoms with van der Waals surface area (Å²) in [6.45, 7) is 5.50. The lowest BCUT2D eigenvalue weighted by Gasteiger charge is -2.31. The molecule has 6 rings (SSSR count). The first-order valence-corrected chi connectivity index (χ1v) is 11.3. The number of piperidine rings is 1. The van der Waals surface area contributed by atoms with Crippen LogP contribution in [0.1, 0.15) is 30.1 Å². The van der Waals surface area contributed by atoms with E-state index in [0.29, 0.717) is 25.3 Å². The van der Waals surface area contributed by atoms with Gasteiger partial charge in [0.15, 0.2) is 5.82 Å². The van der Waals surface area contributed by atoms with Gasteiger partial charge in [-0.05, 0) is 50.1 Å². The molecule has 2 N–H and O–H groups in total. The van der Waals surface area contributed by atoms with E-state index in [1.54, 1.807) is 0 Å². The van der Waals surface area contributed by atoms with Gasteiger partial charge in [-0.3, -0.25) is 4.79 Å². The molecule has 8 nitrogen and oxygen atoms in total. The lowest BCUT2D eigenvalue weighted by molar-refractivity contribution is 0.0708. The number of pyridine rings is 1. The molecule has 164 valence electrons. The molecule has 1 amide bonds.